The molecule has 3 amide bonds. The van der Waals surface area contributed by atoms with Gasteiger partial charge in [0.05, 0.1) is 11.1 Å². The minimum Gasteiger partial charge on any atom is -0.366 e. The first-order chi connectivity index (χ1) is 14.9. The van der Waals surface area contributed by atoms with E-state index in [1.807, 2.05) is 30.3 Å². The van der Waals surface area contributed by atoms with Crippen LogP contribution in [0.3, 0.4) is 0 Å². The SMILES string of the molecule is Cn1nc(-c2ccccc2CNC(=O)Nc2cccc(F)c2)c2c(C(N)=O)cccc21. The van der Waals surface area contributed by atoms with Gasteiger partial charge in [-0.25, -0.2) is 9.18 Å². The molecule has 1 aromatic heterocycles. The number of benzene rings is 3. The first kappa shape index (κ1) is 20.1. The van der Waals surface area contributed by atoms with E-state index in [9.17, 15) is 14.0 Å². The van der Waals surface area contributed by atoms with Crippen molar-refractivity contribution in [1.82, 2.24) is 15.1 Å². The second-order valence-corrected chi connectivity index (χ2v) is 7.01. The highest BCUT2D eigenvalue weighted by atomic mass is 19.1. The van der Waals surface area contributed by atoms with Crippen molar-refractivity contribution in [2.75, 3.05) is 5.32 Å². The van der Waals surface area contributed by atoms with Gasteiger partial charge in [-0.05, 0) is 35.9 Å². The zero-order valence-corrected chi connectivity index (χ0v) is 16.7. The van der Waals surface area contributed by atoms with E-state index in [0.29, 0.717) is 22.3 Å². The maximum absolute atomic E-state index is 13.3. The standard InChI is InChI=1S/C23H20FN5O2/c1-29-19-11-5-10-18(22(25)30)20(19)21(28-29)17-9-3-2-6-14(17)13-26-23(31)27-16-8-4-7-15(24)12-16/h2-12H,13H2,1H3,(H2,25,30)(H2,26,27,31). The number of anilines is 1. The largest absolute Gasteiger partial charge is 0.366 e. The summed E-state index contributed by atoms with van der Waals surface area (Å²) in [6.07, 6.45) is 0. The predicted molar refractivity (Wildman–Crippen MR) is 117 cm³/mol. The Morgan fingerprint density at radius 1 is 1.06 bits per heavy atom. The van der Waals surface area contributed by atoms with Gasteiger partial charge in [0.1, 0.15) is 11.5 Å². The molecule has 0 unspecified atom stereocenters. The molecule has 0 aliphatic carbocycles. The number of aromatic nitrogens is 2. The van der Waals surface area contributed by atoms with E-state index in [1.54, 1.807) is 29.9 Å². The third-order valence-electron chi connectivity index (χ3n) is 4.94. The van der Waals surface area contributed by atoms with Crippen molar-refractivity contribution in [3.05, 3.63) is 83.7 Å². The molecular weight excluding hydrogens is 397 g/mol. The quantitative estimate of drug-likeness (QED) is 0.460. The Bertz CT molecular complexity index is 1300. The number of primary amides is 1. The lowest BCUT2D eigenvalue weighted by atomic mass is 9.99. The second-order valence-electron chi connectivity index (χ2n) is 7.01. The van der Waals surface area contributed by atoms with Gasteiger partial charge in [0.25, 0.3) is 0 Å². The van der Waals surface area contributed by atoms with E-state index in [-0.39, 0.29) is 6.54 Å². The molecule has 4 rings (SSSR count). The van der Waals surface area contributed by atoms with Crippen molar-refractivity contribution in [3.63, 3.8) is 0 Å². The lowest BCUT2D eigenvalue weighted by Crippen LogP contribution is -2.28. The summed E-state index contributed by atoms with van der Waals surface area (Å²) in [6.45, 7) is 0.203. The fourth-order valence-electron chi connectivity index (χ4n) is 3.53. The van der Waals surface area contributed by atoms with Crippen LogP contribution in [0.1, 0.15) is 15.9 Å². The number of amides is 3. The molecule has 0 saturated carbocycles. The Kier molecular flexibility index (Phi) is 5.36. The number of hydrogen-bond donors (Lipinski definition) is 3. The molecule has 0 aliphatic heterocycles. The first-order valence-corrected chi connectivity index (χ1v) is 9.58. The molecule has 8 heteroatoms. The second kappa shape index (κ2) is 8.27. The van der Waals surface area contributed by atoms with Crippen LogP contribution < -0.4 is 16.4 Å². The zero-order valence-electron chi connectivity index (χ0n) is 16.7. The number of aryl methyl sites for hydroxylation is 1. The van der Waals surface area contributed by atoms with Gasteiger partial charge in [-0.1, -0.05) is 36.4 Å². The van der Waals surface area contributed by atoms with Crippen molar-refractivity contribution in [3.8, 4) is 11.3 Å². The number of carbonyl (C=O) groups excluding carboxylic acids is 2. The molecule has 0 spiro atoms. The Morgan fingerprint density at radius 3 is 2.61 bits per heavy atom. The van der Waals surface area contributed by atoms with Crippen LogP contribution in [-0.4, -0.2) is 21.7 Å². The van der Waals surface area contributed by atoms with Gasteiger partial charge >= 0.3 is 6.03 Å². The molecule has 3 aromatic carbocycles. The maximum atomic E-state index is 13.3. The molecule has 0 aliphatic rings. The van der Waals surface area contributed by atoms with E-state index in [2.05, 4.69) is 15.7 Å². The minimum absolute atomic E-state index is 0.203. The summed E-state index contributed by atoms with van der Waals surface area (Å²) in [5, 5.41) is 10.6. The lowest BCUT2D eigenvalue weighted by Gasteiger charge is -2.11. The number of carbonyl (C=O) groups is 2. The average molecular weight is 417 g/mol. The summed E-state index contributed by atoms with van der Waals surface area (Å²) in [5.41, 5.74) is 9.28. The van der Waals surface area contributed by atoms with Crippen molar-refractivity contribution in [1.29, 1.82) is 0 Å². The summed E-state index contributed by atoms with van der Waals surface area (Å²) < 4.78 is 15.0. The van der Waals surface area contributed by atoms with Crippen molar-refractivity contribution < 1.29 is 14.0 Å². The van der Waals surface area contributed by atoms with Gasteiger partial charge < -0.3 is 16.4 Å². The fourth-order valence-corrected chi connectivity index (χ4v) is 3.53. The van der Waals surface area contributed by atoms with E-state index >= 15 is 0 Å². The summed E-state index contributed by atoms with van der Waals surface area (Å²) in [7, 11) is 1.80. The molecule has 4 N–H and O–H groups in total. The Hall–Kier alpha value is -4.20. The fraction of sp³-hybridized carbons (Fsp3) is 0.0870. The van der Waals surface area contributed by atoms with Gasteiger partial charge in [0.2, 0.25) is 5.91 Å². The highest BCUT2D eigenvalue weighted by Gasteiger charge is 2.19. The maximum Gasteiger partial charge on any atom is 0.319 e. The molecular formula is C23H20FN5O2. The summed E-state index contributed by atoms with van der Waals surface area (Å²) in [6, 6.07) is 17.9. The van der Waals surface area contributed by atoms with E-state index in [0.717, 1.165) is 16.6 Å². The number of rotatable bonds is 5. The minimum atomic E-state index is -0.537. The Balaban J connectivity index is 1.64. The van der Waals surface area contributed by atoms with Gasteiger partial charge in [0.15, 0.2) is 0 Å². The first-order valence-electron chi connectivity index (χ1n) is 9.58. The van der Waals surface area contributed by atoms with Crippen molar-refractivity contribution in [2.24, 2.45) is 12.8 Å². The number of nitrogens with one attached hydrogen (secondary N) is 2. The number of halogens is 1. The van der Waals surface area contributed by atoms with Crippen LogP contribution in [0.15, 0.2) is 66.7 Å². The molecule has 156 valence electrons. The monoisotopic (exact) mass is 417 g/mol. The topological polar surface area (TPSA) is 102 Å². The molecule has 0 atom stereocenters. The van der Waals surface area contributed by atoms with E-state index in [4.69, 9.17) is 5.73 Å². The van der Waals surface area contributed by atoms with Gasteiger partial charge in [0, 0.05) is 30.2 Å². The van der Waals surface area contributed by atoms with Crippen LogP contribution in [0.4, 0.5) is 14.9 Å². The number of nitrogens with two attached hydrogens (primary N) is 1. The highest BCUT2D eigenvalue weighted by Crippen LogP contribution is 2.32. The number of urea groups is 1. The number of hydrogen-bond acceptors (Lipinski definition) is 3. The van der Waals surface area contributed by atoms with Crippen LogP contribution in [0, 0.1) is 5.82 Å². The van der Waals surface area contributed by atoms with Crippen LogP contribution in [0.2, 0.25) is 0 Å². The third-order valence-corrected chi connectivity index (χ3v) is 4.94. The zero-order chi connectivity index (χ0) is 22.0. The summed E-state index contributed by atoms with van der Waals surface area (Å²) in [5.74, 6) is -0.972. The summed E-state index contributed by atoms with van der Waals surface area (Å²) >= 11 is 0. The average Bonchev–Trinajstić information content (AvgIpc) is 3.09. The molecule has 0 radical (unpaired) electrons. The molecule has 31 heavy (non-hydrogen) atoms. The molecule has 0 saturated heterocycles. The van der Waals surface area contributed by atoms with E-state index < -0.39 is 17.8 Å². The molecule has 4 aromatic rings. The summed E-state index contributed by atoms with van der Waals surface area (Å²) in [4.78, 5) is 24.3. The molecule has 0 bridgehead atoms. The Labute approximate surface area is 177 Å². The van der Waals surface area contributed by atoms with Crippen molar-refractivity contribution in [2.45, 2.75) is 6.54 Å². The highest BCUT2D eigenvalue weighted by molar-refractivity contribution is 6.10. The third kappa shape index (κ3) is 4.09. The Morgan fingerprint density at radius 2 is 1.84 bits per heavy atom. The predicted octanol–water partition coefficient (Wildman–Crippen LogP) is 3.80. The smallest absolute Gasteiger partial charge is 0.319 e. The van der Waals surface area contributed by atoms with Gasteiger partial charge in [-0.2, -0.15) is 5.10 Å². The van der Waals surface area contributed by atoms with Crippen LogP contribution in [-0.2, 0) is 13.6 Å². The van der Waals surface area contributed by atoms with Gasteiger partial charge in [-0.15, -0.1) is 0 Å². The molecule has 0 fully saturated rings. The van der Waals surface area contributed by atoms with Crippen LogP contribution in [0.5, 0.6) is 0 Å². The molecule has 7 nitrogen and oxygen atoms in total. The number of fused-ring (bicyclic) bond motifs is 1. The van der Waals surface area contributed by atoms with Crippen molar-refractivity contribution >= 4 is 28.5 Å². The number of nitrogens with zero attached hydrogens (tertiary/aromatic N) is 2. The molecule has 1 heterocycles. The van der Waals surface area contributed by atoms with Crippen LogP contribution >= 0.6 is 0 Å². The van der Waals surface area contributed by atoms with Gasteiger partial charge in [-0.3, -0.25) is 9.48 Å². The van der Waals surface area contributed by atoms with Crippen LogP contribution in [0.25, 0.3) is 22.2 Å². The normalized spacial score (nSPS) is 10.8. The lowest BCUT2D eigenvalue weighted by molar-refractivity contribution is 0.100. The van der Waals surface area contributed by atoms with E-state index in [1.165, 1.54) is 18.2 Å².